The van der Waals surface area contributed by atoms with E-state index in [0.717, 1.165) is 37.9 Å². The SMILES string of the molecule is Fc1ccccc1Oc1ccc(CC2CCNCC2)cc1F. The van der Waals surface area contributed by atoms with Gasteiger partial charge in [0, 0.05) is 0 Å². The second kappa shape index (κ2) is 6.88. The van der Waals surface area contributed by atoms with Gasteiger partial charge in [-0.05, 0) is 68.1 Å². The van der Waals surface area contributed by atoms with Gasteiger partial charge in [-0.15, -0.1) is 0 Å². The number of halogens is 2. The zero-order valence-electron chi connectivity index (χ0n) is 12.3. The molecule has 0 atom stereocenters. The molecule has 0 unspecified atom stereocenters. The Hall–Kier alpha value is -1.94. The summed E-state index contributed by atoms with van der Waals surface area (Å²) in [6.07, 6.45) is 3.11. The summed E-state index contributed by atoms with van der Waals surface area (Å²) in [4.78, 5) is 0. The van der Waals surface area contributed by atoms with Crippen LogP contribution in [0.15, 0.2) is 42.5 Å². The molecular weight excluding hydrogens is 284 g/mol. The Morgan fingerprint density at radius 3 is 2.41 bits per heavy atom. The van der Waals surface area contributed by atoms with Crippen LogP contribution in [0.4, 0.5) is 8.78 Å². The van der Waals surface area contributed by atoms with Crippen LogP contribution in [0.25, 0.3) is 0 Å². The number of hydrogen-bond donors (Lipinski definition) is 1. The van der Waals surface area contributed by atoms with Gasteiger partial charge in [-0.1, -0.05) is 18.2 Å². The lowest BCUT2D eigenvalue weighted by molar-refractivity contribution is 0.371. The molecule has 0 bridgehead atoms. The fourth-order valence-electron chi connectivity index (χ4n) is 2.82. The van der Waals surface area contributed by atoms with E-state index in [-0.39, 0.29) is 11.5 Å². The first-order valence-electron chi connectivity index (χ1n) is 7.64. The topological polar surface area (TPSA) is 21.3 Å². The van der Waals surface area contributed by atoms with Crippen LogP contribution in [-0.4, -0.2) is 13.1 Å². The molecule has 3 rings (SSSR count). The highest BCUT2D eigenvalue weighted by atomic mass is 19.1. The van der Waals surface area contributed by atoms with E-state index in [2.05, 4.69) is 5.32 Å². The molecule has 0 aliphatic carbocycles. The van der Waals surface area contributed by atoms with E-state index in [4.69, 9.17) is 4.74 Å². The summed E-state index contributed by atoms with van der Waals surface area (Å²) in [6.45, 7) is 2.06. The highest BCUT2D eigenvalue weighted by Crippen LogP contribution is 2.28. The lowest BCUT2D eigenvalue weighted by atomic mass is 9.91. The molecule has 1 saturated heterocycles. The Labute approximate surface area is 129 Å². The van der Waals surface area contributed by atoms with Crippen molar-refractivity contribution in [2.24, 2.45) is 5.92 Å². The van der Waals surface area contributed by atoms with E-state index in [1.54, 1.807) is 18.2 Å². The normalized spacial score (nSPS) is 15.7. The molecule has 0 spiro atoms. The van der Waals surface area contributed by atoms with E-state index >= 15 is 0 Å². The van der Waals surface area contributed by atoms with Gasteiger partial charge in [0.15, 0.2) is 23.1 Å². The largest absolute Gasteiger partial charge is 0.451 e. The zero-order chi connectivity index (χ0) is 15.4. The molecule has 0 saturated carbocycles. The Morgan fingerprint density at radius 2 is 1.68 bits per heavy atom. The van der Waals surface area contributed by atoms with Crippen molar-refractivity contribution in [1.29, 1.82) is 0 Å². The molecule has 22 heavy (non-hydrogen) atoms. The zero-order valence-corrected chi connectivity index (χ0v) is 12.3. The Balaban J connectivity index is 1.70. The first-order valence-corrected chi connectivity index (χ1v) is 7.64. The van der Waals surface area contributed by atoms with Gasteiger partial charge < -0.3 is 10.1 Å². The number of piperidine rings is 1. The van der Waals surface area contributed by atoms with Crippen LogP contribution in [0, 0.1) is 17.6 Å². The minimum atomic E-state index is -0.499. The van der Waals surface area contributed by atoms with Gasteiger partial charge in [0.25, 0.3) is 0 Å². The van der Waals surface area contributed by atoms with Gasteiger partial charge in [-0.25, -0.2) is 8.78 Å². The van der Waals surface area contributed by atoms with Gasteiger partial charge in [0.2, 0.25) is 0 Å². The Kier molecular flexibility index (Phi) is 4.68. The van der Waals surface area contributed by atoms with Gasteiger partial charge >= 0.3 is 0 Å². The van der Waals surface area contributed by atoms with Crippen LogP contribution in [0.5, 0.6) is 11.5 Å². The molecule has 0 amide bonds. The average Bonchev–Trinajstić information content (AvgIpc) is 2.53. The van der Waals surface area contributed by atoms with Crippen molar-refractivity contribution in [2.45, 2.75) is 19.3 Å². The van der Waals surface area contributed by atoms with Crippen LogP contribution in [0.3, 0.4) is 0 Å². The van der Waals surface area contributed by atoms with Crippen LogP contribution in [-0.2, 0) is 6.42 Å². The van der Waals surface area contributed by atoms with Crippen molar-refractivity contribution in [2.75, 3.05) is 13.1 Å². The van der Waals surface area contributed by atoms with E-state index in [1.165, 1.54) is 18.2 Å². The van der Waals surface area contributed by atoms with E-state index in [9.17, 15) is 8.78 Å². The van der Waals surface area contributed by atoms with Crippen LogP contribution in [0.1, 0.15) is 18.4 Å². The van der Waals surface area contributed by atoms with Crippen molar-refractivity contribution >= 4 is 0 Å². The summed E-state index contributed by atoms with van der Waals surface area (Å²) in [5.74, 6) is -0.263. The van der Waals surface area contributed by atoms with E-state index in [1.807, 2.05) is 6.07 Å². The Bertz CT molecular complexity index is 639. The molecule has 1 aliphatic heterocycles. The molecule has 2 aromatic rings. The highest BCUT2D eigenvalue weighted by Gasteiger charge is 2.15. The molecule has 116 valence electrons. The highest BCUT2D eigenvalue weighted by molar-refractivity contribution is 5.35. The summed E-state index contributed by atoms with van der Waals surface area (Å²) < 4.78 is 33.0. The molecule has 1 heterocycles. The molecule has 2 nitrogen and oxygen atoms in total. The molecule has 0 radical (unpaired) electrons. The summed E-state index contributed by atoms with van der Waals surface area (Å²) in [5, 5.41) is 3.32. The number of hydrogen-bond acceptors (Lipinski definition) is 2. The fraction of sp³-hybridized carbons (Fsp3) is 0.333. The van der Waals surface area contributed by atoms with E-state index < -0.39 is 11.6 Å². The smallest absolute Gasteiger partial charge is 0.165 e. The summed E-state index contributed by atoms with van der Waals surface area (Å²) >= 11 is 0. The lowest BCUT2D eigenvalue weighted by Gasteiger charge is -2.22. The summed E-state index contributed by atoms with van der Waals surface area (Å²) in [5.41, 5.74) is 0.963. The minimum Gasteiger partial charge on any atom is -0.451 e. The van der Waals surface area contributed by atoms with Crippen molar-refractivity contribution < 1.29 is 13.5 Å². The first kappa shape index (κ1) is 15.0. The van der Waals surface area contributed by atoms with Gasteiger partial charge in [-0.2, -0.15) is 0 Å². The van der Waals surface area contributed by atoms with Crippen LogP contribution < -0.4 is 10.1 Å². The second-order valence-electron chi connectivity index (χ2n) is 5.69. The van der Waals surface area contributed by atoms with Crippen molar-refractivity contribution in [3.63, 3.8) is 0 Å². The molecule has 1 aliphatic rings. The number of nitrogens with one attached hydrogen (secondary N) is 1. The third-order valence-corrected chi connectivity index (χ3v) is 4.04. The van der Waals surface area contributed by atoms with Crippen LogP contribution >= 0.6 is 0 Å². The molecule has 4 heteroatoms. The molecule has 1 fully saturated rings. The number of benzene rings is 2. The molecular formula is C18H19F2NO. The van der Waals surface area contributed by atoms with Crippen LogP contribution in [0.2, 0.25) is 0 Å². The van der Waals surface area contributed by atoms with Gasteiger partial charge in [0.05, 0.1) is 0 Å². The third kappa shape index (κ3) is 3.63. The lowest BCUT2D eigenvalue weighted by Crippen LogP contribution is -2.28. The monoisotopic (exact) mass is 303 g/mol. The molecule has 1 N–H and O–H groups in total. The maximum Gasteiger partial charge on any atom is 0.165 e. The maximum atomic E-state index is 14.2. The standard InChI is InChI=1S/C18H19F2NO/c19-15-3-1-2-4-17(15)22-18-6-5-14(12-16(18)20)11-13-7-9-21-10-8-13/h1-6,12-13,21H,7-11H2. The van der Waals surface area contributed by atoms with Gasteiger partial charge in [0.1, 0.15) is 0 Å². The Morgan fingerprint density at radius 1 is 0.955 bits per heavy atom. The first-order chi connectivity index (χ1) is 10.7. The number of para-hydroxylation sites is 1. The van der Waals surface area contributed by atoms with Crippen molar-refractivity contribution in [3.05, 3.63) is 59.7 Å². The summed E-state index contributed by atoms with van der Waals surface area (Å²) in [7, 11) is 0. The number of rotatable bonds is 4. The van der Waals surface area contributed by atoms with Crippen molar-refractivity contribution in [1.82, 2.24) is 5.32 Å². The third-order valence-electron chi connectivity index (χ3n) is 4.04. The summed E-state index contributed by atoms with van der Waals surface area (Å²) in [6, 6.07) is 10.9. The van der Waals surface area contributed by atoms with E-state index in [0.29, 0.717) is 5.92 Å². The number of ether oxygens (including phenoxy) is 1. The average molecular weight is 303 g/mol. The second-order valence-corrected chi connectivity index (χ2v) is 5.69. The molecule has 0 aromatic heterocycles. The minimum absolute atomic E-state index is 0.0347. The van der Waals surface area contributed by atoms with Crippen molar-refractivity contribution in [3.8, 4) is 11.5 Å². The molecule has 2 aromatic carbocycles. The predicted molar refractivity (Wildman–Crippen MR) is 82.2 cm³/mol. The quantitative estimate of drug-likeness (QED) is 0.909. The predicted octanol–water partition coefficient (Wildman–Crippen LogP) is 4.30. The maximum absolute atomic E-state index is 14.2. The van der Waals surface area contributed by atoms with Gasteiger partial charge in [-0.3, -0.25) is 0 Å². The fourth-order valence-corrected chi connectivity index (χ4v) is 2.82.